The zero-order valence-corrected chi connectivity index (χ0v) is 13.9. The number of carboxylic acids is 1. The number of nitrogens with one attached hydrogen (secondary N) is 1. The molecule has 1 amide bonds. The van der Waals surface area contributed by atoms with Crippen LogP contribution in [0.1, 0.15) is 15.9 Å². The Kier molecular flexibility index (Phi) is 5.54. The van der Waals surface area contributed by atoms with E-state index in [4.69, 9.17) is 5.11 Å². The van der Waals surface area contributed by atoms with Gasteiger partial charge >= 0.3 is 5.97 Å². The van der Waals surface area contributed by atoms with Crippen molar-refractivity contribution < 1.29 is 14.7 Å². The van der Waals surface area contributed by atoms with Gasteiger partial charge in [0, 0.05) is 19.8 Å². The summed E-state index contributed by atoms with van der Waals surface area (Å²) in [6.45, 7) is 0. The summed E-state index contributed by atoms with van der Waals surface area (Å²) in [5.74, 6) is -1.81. The van der Waals surface area contributed by atoms with Crippen molar-refractivity contribution in [3.8, 4) is 6.07 Å². The number of amides is 1. The quantitative estimate of drug-likeness (QED) is 0.647. The average Bonchev–Trinajstić information content (AvgIpc) is 2.60. The van der Waals surface area contributed by atoms with Gasteiger partial charge in [0.1, 0.15) is 11.6 Å². The number of carbonyl (C=O) groups excluding carboxylic acids is 1. The van der Waals surface area contributed by atoms with E-state index in [9.17, 15) is 14.9 Å². The second-order valence-electron chi connectivity index (χ2n) is 5.46. The maximum Gasteiger partial charge on any atom is 0.337 e. The highest BCUT2D eigenvalue weighted by Crippen LogP contribution is 2.18. The second-order valence-corrected chi connectivity index (χ2v) is 5.46. The number of hydrogen-bond donors (Lipinski definition) is 2. The minimum atomic E-state index is -1.15. The van der Waals surface area contributed by atoms with E-state index >= 15 is 0 Å². The van der Waals surface area contributed by atoms with Gasteiger partial charge in [-0.2, -0.15) is 5.26 Å². The molecule has 2 rings (SSSR count). The molecule has 0 aliphatic rings. The molecule has 0 aromatic heterocycles. The third kappa shape index (κ3) is 4.45. The first-order chi connectivity index (χ1) is 11.9. The summed E-state index contributed by atoms with van der Waals surface area (Å²) in [6.07, 6.45) is 1.46. The Hall–Kier alpha value is -3.59. The Morgan fingerprint density at radius 3 is 2.32 bits per heavy atom. The van der Waals surface area contributed by atoms with Gasteiger partial charge in [-0.1, -0.05) is 24.3 Å². The van der Waals surface area contributed by atoms with Gasteiger partial charge in [-0.15, -0.1) is 0 Å². The fraction of sp³-hybridized carbons (Fsp3) is 0.105. The molecule has 6 nitrogen and oxygen atoms in total. The molecule has 2 aromatic carbocycles. The maximum absolute atomic E-state index is 12.3. The van der Waals surface area contributed by atoms with Gasteiger partial charge in [0.2, 0.25) is 0 Å². The standard InChI is InChI=1S/C19H17N3O3/c1-22(2)15-9-7-13(8-10-15)11-14(12-20)18(23)21-17-6-4-3-5-16(17)19(24)25/h3-11H,1-2H3,(H,21,23)(H,24,25)/b14-11+. The lowest BCUT2D eigenvalue weighted by molar-refractivity contribution is -0.112. The van der Waals surface area contributed by atoms with E-state index in [1.54, 1.807) is 24.3 Å². The highest BCUT2D eigenvalue weighted by atomic mass is 16.4. The lowest BCUT2D eigenvalue weighted by atomic mass is 10.1. The van der Waals surface area contributed by atoms with Crippen molar-refractivity contribution in [3.63, 3.8) is 0 Å². The summed E-state index contributed by atoms with van der Waals surface area (Å²) in [4.78, 5) is 25.4. The lowest BCUT2D eigenvalue weighted by Crippen LogP contribution is -2.16. The van der Waals surface area contributed by atoms with Crippen molar-refractivity contribution in [1.29, 1.82) is 5.26 Å². The van der Waals surface area contributed by atoms with Gasteiger partial charge in [0.15, 0.2) is 0 Å². The molecule has 0 atom stereocenters. The minimum absolute atomic E-state index is 0.0384. The first kappa shape index (κ1) is 17.8. The SMILES string of the molecule is CN(C)c1ccc(/C=C(\C#N)C(=O)Nc2ccccc2C(=O)O)cc1. The molecule has 0 aliphatic heterocycles. The number of carbonyl (C=O) groups is 2. The molecule has 0 saturated carbocycles. The normalized spacial score (nSPS) is 10.7. The molecule has 2 N–H and O–H groups in total. The molecule has 0 saturated heterocycles. The Morgan fingerprint density at radius 2 is 1.76 bits per heavy atom. The van der Waals surface area contributed by atoms with Crippen molar-refractivity contribution in [2.75, 3.05) is 24.3 Å². The molecule has 25 heavy (non-hydrogen) atoms. The summed E-state index contributed by atoms with van der Waals surface area (Å²) in [7, 11) is 3.83. The fourth-order valence-electron chi connectivity index (χ4n) is 2.15. The van der Waals surface area contributed by atoms with Crippen LogP contribution in [0.4, 0.5) is 11.4 Å². The number of para-hydroxylation sites is 1. The molecule has 0 spiro atoms. The van der Waals surface area contributed by atoms with E-state index in [2.05, 4.69) is 5.32 Å². The van der Waals surface area contributed by atoms with E-state index in [1.165, 1.54) is 18.2 Å². The molecule has 6 heteroatoms. The first-order valence-electron chi connectivity index (χ1n) is 7.45. The number of rotatable bonds is 5. The van der Waals surface area contributed by atoms with Gasteiger partial charge in [-0.3, -0.25) is 4.79 Å². The number of benzene rings is 2. The highest BCUT2D eigenvalue weighted by molar-refractivity contribution is 6.11. The zero-order valence-electron chi connectivity index (χ0n) is 13.9. The lowest BCUT2D eigenvalue weighted by Gasteiger charge is -2.12. The van der Waals surface area contributed by atoms with Crippen LogP contribution in [0.15, 0.2) is 54.1 Å². The fourth-order valence-corrected chi connectivity index (χ4v) is 2.15. The van der Waals surface area contributed by atoms with E-state index in [1.807, 2.05) is 37.2 Å². The second kappa shape index (κ2) is 7.79. The molecule has 0 unspecified atom stereocenters. The van der Waals surface area contributed by atoms with Crippen LogP contribution in [0.25, 0.3) is 6.08 Å². The predicted octanol–water partition coefficient (Wildman–Crippen LogP) is 3.00. The predicted molar refractivity (Wildman–Crippen MR) is 96.4 cm³/mol. The zero-order chi connectivity index (χ0) is 18.4. The van der Waals surface area contributed by atoms with E-state index in [0.717, 1.165) is 5.69 Å². The maximum atomic E-state index is 12.3. The number of nitrogens with zero attached hydrogens (tertiary/aromatic N) is 2. The Morgan fingerprint density at radius 1 is 1.12 bits per heavy atom. The summed E-state index contributed by atoms with van der Waals surface area (Å²) in [5, 5.41) is 20.9. The van der Waals surface area contributed by atoms with Gasteiger partial charge < -0.3 is 15.3 Å². The molecule has 0 heterocycles. The molecule has 126 valence electrons. The third-order valence-corrected chi connectivity index (χ3v) is 3.49. The summed E-state index contributed by atoms with van der Waals surface area (Å²) < 4.78 is 0. The van der Waals surface area contributed by atoms with Crippen molar-refractivity contribution in [2.45, 2.75) is 0 Å². The smallest absolute Gasteiger partial charge is 0.337 e. The summed E-state index contributed by atoms with van der Waals surface area (Å²) in [6, 6.07) is 15.2. The third-order valence-electron chi connectivity index (χ3n) is 3.49. The summed E-state index contributed by atoms with van der Waals surface area (Å²) in [5.41, 5.74) is 1.68. The van der Waals surface area contributed by atoms with Gasteiger partial charge in [-0.25, -0.2) is 4.79 Å². The number of nitriles is 1. The highest BCUT2D eigenvalue weighted by Gasteiger charge is 2.14. The van der Waals surface area contributed by atoms with Crippen LogP contribution in [0, 0.1) is 11.3 Å². The van der Waals surface area contributed by atoms with E-state index < -0.39 is 11.9 Å². The first-order valence-corrected chi connectivity index (χ1v) is 7.45. The van der Waals surface area contributed by atoms with Crippen molar-refractivity contribution >= 4 is 29.3 Å². The monoisotopic (exact) mass is 335 g/mol. The average molecular weight is 335 g/mol. The van der Waals surface area contributed by atoms with Crippen LogP contribution in [-0.4, -0.2) is 31.1 Å². The van der Waals surface area contributed by atoms with Crippen LogP contribution >= 0.6 is 0 Å². The molecule has 0 aliphatic carbocycles. The number of hydrogen-bond acceptors (Lipinski definition) is 4. The number of anilines is 2. The topological polar surface area (TPSA) is 93.4 Å². The molecule has 0 bridgehead atoms. The largest absolute Gasteiger partial charge is 0.478 e. The van der Waals surface area contributed by atoms with E-state index in [-0.39, 0.29) is 16.8 Å². The molecule has 0 fully saturated rings. The molecular weight excluding hydrogens is 318 g/mol. The molecule has 0 radical (unpaired) electrons. The van der Waals surface area contributed by atoms with Crippen molar-refractivity contribution in [3.05, 3.63) is 65.2 Å². The van der Waals surface area contributed by atoms with Gasteiger partial charge in [0.25, 0.3) is 5.91 Å². The summed E-state index contributed by atoms with van der Waals surface area (Å²) >= 11 is 0. The van der Waals surface area contributed by atoms with Crippen LogP contribution in [-0.2, 0) is 4.79 Å². The van der Waals surface area contributed by atoms with Crippen LogP contribution in [0.3, 0.4) is 0 Å². The Labute approximate surface area is 145 Å². The van der Waals surface area contributed by atoms with Crippen LogP contribution in [0.2, 0.25) is 0 Å². The minimum Gasteiger partial charge on any atom is -0.478 e. The Bertz CT molecular complexity index is 862. The Balaban J connectivity index is 2.24. The van der Waals surface area contributed by atoms with E-state index in [0.29, 0.717) is 5.56 Å². The van der Waals surface area contributed by atoms with Crippen molar-refractivity contribution in [2.24, 2.45) is 0 Å². The van der Waals surface area contributed by atoms with Crippen LogP contribution < -0.4 is 10.2 Å². The van der Waals surface area contributed by atoms with Gasteiger partial charge in [-0.05, 0) is 35.9 Å². The molecule has 2 aromatic rings. The number of carboxylic acid groups (broad SMARTS) is 1. The van der Waals surface area contributed by atoms with Crippen LogP contribution in [0.5, 0.6) is 0 Å². The molecular formula is C19H17N3O3. The van der Waals surface area contributed by atoms with Gasteiger partial charge in [0.05, 0.1) is 11.3 Å². The number of aromatic carboxylic acids is 1. The van der Waals surface area contributed by atoms with Crippen molar-refractivity contribution in [1.82, 2.24) is 0 Å².